The molecule has 1 amide bonds. The number of hydrogen-bond donors (Lipinski definition) is 1. The number of carbonyl (C=O) groups is 1. The Hall–Kier alpha value is -2.09. The maximum atomic E-state index is 12.5. The van der Waals surface area contributed by atoms with Crippen LogP contribution in [-0.2, 0) is 12.8 Å². The molecule has 1 atom stereocenters. The molecule has 0 fully saturated rings. The van der Waals surface area contributed by atoms with Gasteiger partial charge in [-0.2, -0.15) is 0 Å². The van der Waals surface area contributed by atoms with Crippen LogP contribution in [-0.4, -0.2) is 11.9 Å². The number of carbonyl (C=O) groups excluding carboxylic acids is 1. The molecule has 0 bridgehead atoms. The van der Waals surface area contributed by atoms with Gasteiger partial charge in [0.25, 0.3) is 5.91 Å². The zero-order chi connectivity index (χ0) is 15.9. The Bertz CT molecular complexity index is 604. The molecule has 116 valence electrons. The number of benzene rings is 2. The summed E-state index contributed by atoms with van der Waals surface area (Å²) in [5.41, 5.74) is 3.21. The van der Waals surface area contributed by atoms with Crippen molar-refractivity contribution in [2.75, 3.05) is 0 Å². The summed E-state index contributed by atoms with van der Waals surface area (Å²) in [7, 11) is 0. The second kappa shape index (κ2) is 7.79. The molecule has 2 rings (SSSR count). The van der Waals surface area contributed by atoms with Crippen LogP contribution >= 0.6 is 0 Å². The van der Waals surface area contributed by atoms with Gasteiger partial charge in [-0.1, -0.05) is 62.4 Å². The molecule has 2 heteroatoms. The van der Waals surface area contributed by atoms with E-state index in [0.717, 1.165) is 24.0 Å². The van der Waals surface area contributed by atoms with Crippen LogP contribution in [0.2, 0.25) is 0 Å². The highest BCUT2D eigenvalue weighted by molar-refractivity contribution is 5.95. The van der Waals surface area contributed by atoms with Crippen LogP contribution in [0.25, 0.3) is 0 Å². The van der Waals surface area contributed by atoms with Crippen LogP contribution in [0.15, 0.2) is 54.6 Å². The van der Waals surface area contributed by atoms with Gasteiger partial charge in [0.2, 0.25) is 0 Å². The maximum Gasteiger partial charge on any atom is 0.251 e. The van der Waals surface area contributed by atoms with Gasteiger partial charge in [-0.3, -0.25) is 4.79 Å². The largest absolute Gasteiger partial charge is 0.349 e. The Kier molecular flexibility index (Phi) is 5.76. The zero-order valence-electron chi connectivity index (χ0n) is 13.7. The van der Waals surface area contributed by atoms with E-state index in [-0.39, 0.29) is 11.9 Å². The van der Waals surface area contributed by atoms with E-state index in [0.29, 0.717) is 5.92 Å². The topological polar surface area (TPSA) is 29.1 Å². The summed E-state index contributed by atoms with van der Waals surface area (Å²) < 4.78 is 0. The minimum absolute atomic E-state index is 0.0323. The standard InChI is InChI=1S/C20H25NO/c1-15(2)16(3)21-20(22)19-12-8-7-11-18(19)14-13-17-9-5-4-6-10-17/h4-12,15-16H,13-14H2,1-3H3,(H,21,22)/t16-/m1/s1. The first-order chi connectivity index (χ1) is 10.6. The van der Waals surface area contributed by atoms with Crippen molar-refractivity contribution in [3.63, 3.8) is 0 Å². The summed E-state index contributed by atoms with van der Waals surface area (Å²) in [6.45, 7) is 6.29. The van der Waals surface area contributed by atoms with Gasteiger partial charge in [0.15, 0.2) is 0 Å². The van der Waals surface area contributed by atoms with Gasteiger partial charge in [0.1, 0.15) is 0 Å². The molecule has 0 aliphatic rings. The molecule has 0 spiro atoms. The molecule has 0 heterocycles. The molecule has 22 heavy (non-hydrogen) atoms. The Labute approximate surface area is 133 Å². The maximum absolute atomic E-state index is 12.5. The lowest BCUT2D eigenvalue weighted by molar-refractivity contribution is 0.0929. The number of rotatable bonds is 6. The van der Waals surface area contributed by atoms with Crippen molar-refractivity contribution in [3.8, 4) is 0 Å². The van der Waals surface area contributed by atoms with Crippen molar-refractivity contribution in [2.45, 2.75) is 39.7 Å². The monoisotopic (exact) mass is 295 g/mol. The molecule has 0 saturated carbocycles. The van der Waals surface area contributed by atoms with E-state index >= 15 is 0 Å². The zero-order valence-corrected chi connectivity index (χ0v) is 13.7. The molecule has 0 saturated heterocycles. The number of nitrogens with one attached hydrogen (secondary N) is 1. The number of amides is 1. The van der Waals surface area contributed by atoms with E-state index in [1.807, 2.05) is 24.3 Å². The molecule has 2 nitrogen and oxygen atoms in total. The van der Waals surface area contributed by atoms with Gasteiger partial charge in [-0.05, 0) is 42.9 Å². The third kappa shape index (κ3) is 4.45. The molecule has 0 aliphatic carbocycles. The lowest BCUT2D eigenvalue weighted by atomic mass is 9.98. The van der Waals surface area contributed by atoms with Crippen molar-refractivity contribution in [1.29, 1.82) is 0 Å². The van der Waals surface area contributed by atoms with Crippen LogP contribution in [0.3, 0.4) is 0 Å². The van der Waals surface area contributed by atoms with Gasteiger partial charge in [0, 0.05) is 11.6 Å². The highest BCUT2D eigenvalue weighted by Gasteiger charge is 2.15. The third-order valence-corrected chi connectivity index (χ3v) is 4.15. The summed E-state index contributed by atoms with van der Waals surface area (Å²) >= 11 is 0. The first-order valence-corrected chi connectivity index (χ1v) is 8.00. The molecule has 2 aromatic carbocycles. The Balaban J connectivity index is 2.08. The Morgan fingerprint density at radius 3 is 2.23 bits per heavy atom. The lowest BCUT2D eigenvalue weighted by Gasteiger charge is -2.18. The second-order valence-electron chi connectivity index (χ2n) is 6.15. The van der Waals surface area contributed by atoms with Gasteiger partial charge < -0.3 is 5.32 Å². The van der Waals surface area contributed by atoms with Gasteiger partial charge in [0.05, 0.1) is 0 Å². The smallest absolute Gasteiger partial charge is 0.251 e. The van der Waals surface area contributed by atoms with E-state index in [4.69, 9.17) is 0 Å². The van der Waals surface area contributed by atoms with Crippen molar-refractivity contribution in [3.05, 3.63) is 71.3 Å². The molecule has 0 unspecified atom stereocenters. The second-order valence-corrected chi connectivity index (χ2v) is 6.15. The van der Waals surface area contributed by atoms with Crippen molar-refractivity contribution < 1.29 is 4.79 Å². The molecular weight excluding hydrogens is 270 g/mol. The van der Waals surface area contributed by atoms with Crippen LogP contribution in [0.5, 0.6) is 0 Å². The fraction of sp³-hybridized carbons (Fsp3) is 0.350. The minimum Gasteiger partial charge on any atom is -0.349 e. The molecule has 0 aromatic heterocycles. The fourth-order valence-electron chi connectivity index (χ4n) is 2.33. The quantitative estimate of drug-likeness (QED) is 0.848. The van der Waals surface area contributed by atoms with Crippen LogP contribution in [0.4, 0.5) is 0 Å². The van der Waals surface area contributed by atoms with Crippen molar-refractivity contribution >= 4 is 5.91 Å². The highest BCUT2D eigenvalue weighted by atomic mass is 16.1. The van der Waals surface area contributed by atoms with Crippen LogP contribution in [0, 0.1) is 5.92 Å². The minimum atomic E-state index is 0.0323. The Morgan fingerprint density at radius 2 is 1.55 bits per heavy atom. The fourth-order valence-corrected chi connectivity index (χ4v) is 2.33. The van der Waals surface area contributed by atoms with E-state index in [1.54, 1.807) is 0 Å². The Morgan fingerprint density at radius 1 is 0.909 bits per heavy atom. The van der Waals surface area contributed by atoms with Crippen molar-refractivity contribution in [1.82, 2.24) is 5.32 Å². The summed E-state index contributed by atoms with van der Waals surface area (Å²) in [5.74, 6) is 0.463. The van der Waals surface area contributed by atoms with E-state index in [2.05, 4.69) is 56.4 Å². The predicted octanol–water partition coefficient (Wildman–Crippen LogP) is 4.25. The first kappa shape index (κ1) is 16.3. The normalized spacial score (nSPS) is 12.2. The summed E-state index contributed by atoms with van der Waals surface area (Å²) in [4.78, 5) is 12.5. The van der Waals surface area contributed by atoms with Gasteiger partial charge in [-0.15, -0.1) is 0 Å². The SMILES string of the molecule is CC(C)[C@@H](C)NC(=O)c1ccccc1CCc1ccccc1. The molecule has 2 aromatic rings. The van der Waals surface area contributed by atoms with Crippen LogP contribution < -0.4 is 5.32 Å². The average molecular weight is 295 g/mol. The molecular formula is C20H25NO. The van der Waals surface area contributed by atoms with Crippen LogP contribution in [0.1, 0.15) is 42.3 Å². The molecule has 0 radical (unpaired) electrons. The average Bonchev–Trinajstić information content (AvgIpc) is 2.54. The third-order valence-electron chi connectivity index (χ3n) is 4.15. The number of aryl methyl sites for hydroxylation is 2. The van der Waals surface area contributed by atoms with Gasteiger partial charge >= 0.3 is 0 Å². The molecule has 0 aliphatic heterocycles. The summed E-state index contributed by atoms with van der Waals surface area (Å²) in [6, 6.07) is 18.5. The summed E-state index contributed by atoms with van der Waals surface area (Å²) in [5, 5.41) is 3.10. The highest BCUT2D eigenvalue weighted by Crippen LogP contribution is 2.13. The van der Waals surface area contributed by atoms with E-state index in [1.165, 1.54) is 5.56 Å². The summed E-state index contributed by atoms with van der Waals surface area (Å²) in [6.07, 6.45) is 1.83. The molecule has 1 N–H and O–H groups in total. The first-order valence-electron chi connectivity index (χ1n) is 8.00. The lowest BCUT2D eigenvalue weighted by Crippen LogP contribution is -2.36. The van der Waals surface area contributed by atoms with Gasteiger partial charge in [-0.25, -0.2) is 0 Å². The predicted molar refractivity (Wildman–Crippen MR) is 92.1 cm³/mol. The van der Waals surface area contributed by atoms with E-state index in [9.17, 15) is 4.79 Å². The van der Waals surface area contributed by atoms with E-state index < -0.39 is 0 Å². The van der Waals surface area contributed by atoms with Crippen molar-refractivity contribution in [2.24, 2.45) is 5.92 Å². The number of hydrogen-bond acceptors (Lipinski definition) is 1.